The van der Waals surface area contributed by atoms with E-state index in [-0.39, 0.29) is 21.7 Å². The summed E-state index contributed by atoms with van der Waals surface area (Å²) in [5.74, 6) is -3.67. The van der Waals surface area contributed by atoms with Gasteiger partial charge in [0.1, 0.15) is 5.82 Å². The van der Waals surface area contributed by atoms with Crippen LogP contribution in [0.1, 0.15) is 24.2 Å². The third-order valence-electron chi connectivity index (χ3n) is 3.12. The Bertz CT molecular complexity index is 672. The van der Waals surface area contributed by atoms with Crippen LogP contribution in [-0.4, -0.2) is 22.9 Å². The van der Waals surface area contributed by atoms with Crippen molar-refractivity contribution in [3.05, 3.63) is 39.7 Å². The van der Waals surface area contributed by atoms with E-state index in [0.717, 1.165) is 12.1 Å². The molecule has 20 heavy (non-hydrogen) atoms. The number of carbonyl (C=O) groups excluding carboxylic acids is 2. The standard InChI is InChI=1S/C13H9ClFNO4/c1-5-6(2)12(18)16(11(5)17)10-3-7(13(19)20)8(14)4-9(10)15/h3-4H,1-2H3,(H,19,20). The highest BCUT2D eigenvalue weighted by Gasteiger charge is 2.36. The molecule has 5 nitrogen and oxygen atoms in total. The predicted octanol–water partition coefficient (Wildman–Crippen LogP) is 2.39. The second-order valence-electron chi connectivity index (χ2n) is 4.28. The van der Waals surface area contributed by atoms with Crippen molar-refractivity contribution in [3.8, 4) is 0 Å². The third kappa shape index (κ3) is 1.98. The van der Waals surface area contributed by atoms with Gasteiger partial charge in [-0.3, -0.25) is 9.59 Å². The minimum atomic E-state index is -1.38. The summed E-state index contributed by atoms with van der Waals surface area (Å²) < 4.78 is 13.9. The molecule has 0 aliphatic carbocycles. The second kappa shape index (κ2) is 4.72. The van der Waals surface area contributed by atoms with Gasteiger partial charge >= 0.3 is 5.97 Å². The summed E-state index contributed by atoms with van der Waals surface area (Å²) in [7, 11) is 0. The number of amides is 2. The molecule has 1 aliphatic heterocycles. The molecule has 1 aromatic carbocycles. The van der Waals surface area contributed by atoms with Crippen LogP contribution in [0.25, 0.3) is 0 Å². The lowest BCUT2D eigenvalue weighted by atomic mass is 10.1. The molecule has 0 unspecified atom stereocenters. The van der Waals surface area contributed by atoms with Gasteiger partial charge in [-0.1, -0.05) is 11.6 Å². The monoisotopic (exact) mass is 297 g/mol. The lowest BCUT2D eigenvalue weighted by Gasteiger charge is -2.16. The van der Waals surface area contributed by atoms with E-state index in [1.54, 1.807) is 0 Å². The van der Waals surface area contributed by atoms with Crippen LogP contribution in [0.15, 0.2) is 23.3 Å². The summed E-state index contributed by atoms with van der Waals surface area (Å²) in [6.45, 7) is 2.89. The van der Waals surface area contributed by atoms with Crippen molar-refractivity contribution in [1.29, 1.82) is 0 Å². The lowest BCUT2D eigenvalue weighted by molar-refractivity contribution is -0.120. The van der Waals surface area contributed by atoms with Crippen LogP contribution in [0.2, 0.25) is 5.02 Å². The van der Waals surface area contributed by atoms with E-state index in [0.29, 0.717) is 4.90 Å². The Kier molecular flexibility index (Phi) is 3.35. The van der Waals surface area contributed by atoms with Gasteiger partial charge in [-0.05, 0) is 26.0 Å². The van der Waals surface area contributed by atoms with Gasteiger partial charge in [-0.15, -0.1) is 0 Å². The Morgan fingerprint density at radius 1 is 1.20 bits per heavy atom. The summed E-state index contributed by atoms with van der Waals surface area (Å²) >= 11 is 5.61. The quantitative estimate of drug-likeness (QED) is 0.851. The number of hydrogen-bond acceptors (Lipinski definition) is 3. The zero-order chi connectivity index (χ0) is 15.2. The Balaban J connectivity index is 2.61. The van der Waals surface area contributed by atoms with Crippen LogP contribution in [0, 0.1) is 5.82 Å². The molecule has 1 aliphatic rings. The van der Waals surface area contributed by atoms with E-state index < -0.39 is 29.3 Å². The lowest BCUT2D eigenvalue weighted by Crippen LogP contribution is -2.32. The topological polar surface area (TPSA) is 74.7 Å². The first kappa shape index (κ1) is 14.2. The molecule has 7 heteroatoms. The molecule has 0 fully saturated rings. The zero-order valence-corrected chi connectivity index (χ0v) is 11.3. The van der Waals surface area contributed by atoms with Gasteiger partial charge in [0.05, 0.1) is 16.3 Å². The smallest absolute Gasteiger partial charge is 0.337 e. The van der Waals surface area contributed by atoms with Gasteiger partial charge in [0.2, 0.25) is 0 Å². The summed E-state index contributed by atoms with van der Waals surface area (Å²) in [5, 5.41) is 8.65. The van der Waals surface area contributed by atoms with Crippen molar-refractivity contribution in [1.82, 2.24) is 0 Å². The highest BCUT2D eigenvalue weighted by molar-refractivity contribution is 6.35. The summed E-state index contributed by atoms with van der Waals surface area (Å²) in [4.78, 5) is 35.5. The number of carbonyl (C=O) groups is 3. The van der Waals surface area contributed by atoms with Crippen LogP contribution < -0.4 is 4.90 Å². The maximum Gasteiger partial charge on any atom is 0.337 e. The van der Waals surface area contributed by atoms with Crippen LogP contribution in [-0.2, 0) is 9.59 Å². The number of rotatable bonds is 2. The molecule has 104 valence electrons. The summed E-state index contributed by atoms with van der Waals surface area (Å²) in [5.41, 5.74) is -0.411. The van der Waals surface area contributed by atoms with Crippen LogP contribution >= 0.6 is 11.6 Å². The molecule has 0 spiro atoms. The number of halogens is 2. The highest BCUT2D eigenvalue weighted by atomic mass is 35.5. The molecule has 2 amide bonds. The second-order valence-corrected chi connectivity index (χ2v) is 4.69. The van der Waals surface area contributed by atoms with E-state index in [4.69, 9.17) is 16.7 Å². The first-order chi connectivity index (χ1) is 9.25. The number of carboxylic acids is 1. The van der Waals surface area contributed by atoms with Crippen molar-refractivity contribution in [2.24, 2.45) is 0 Å². The van der Waals surface area contributed by atoms with E-state index in [1.165, 1.54) is 13.8 Å². The maximum absolute atomic E-state index is 13.9. The molecule has 0 bridgehead atoms. The van der Waals surface area contributed by atoms with Crippen molar-refractivity contribution < 1.29 is 23.9 Å². The average Bonchev–Trinajstić information content (AvgIpc) is 2.55. The third-order valence-corrected chi connectivity index (χ3v) is 3.43. The van der Waals surface area contributed by atoms with Crippen LogP contribution in [0.5, 0.6) is 0 Å². The maximum atomic E-state index is 13.9. The van der Waals surface area contributed by atoms with E-state index >= 15 is 0 Å². The van der Waals surface area contributed by atoms with Gasteiger partial charge in [0.25, 0.3) is 11.8 Å². The number of anilines is 1. The molecular formula is C13H9ClFNO4. The van der Waals surface area contributed by atoms with Crippen molar-refractivity contribution in [2.75, 3.05) is 4.90 Å². The van der Waals surface area contributed by atoms with Gasteiger partial charge in [-0.2, -0.15) is 0 Å². The number of imide groups is 1. The highest BCUT2D eigenvalue weighted by Crippen LogP contribution is 2.32. The number of nitrogens with zero attached hydrogens (tertiary/aromatic N) is 1. The molecule has 0 saturated heterocycles. The van der Waals surface area contributed by atoms with Crippen LogP contribution in [0.4, 0.5) is 10.1 Å². The SMILES string of the molecule is CC1=C(C)C(=O)N(c2cc(C(=O)O)c(Cl)cc2F)C1=O. The molecule has 1 heterocycles. The van der Waals surface area contributed by atoms with Gasteiger partial charge < -0.3 is 5.11 Å². The number of aromatic carboxylic acids is 1. The fourth-order valence-electron chi connectivity index (χ4n) is 1.84. The van der Waals surface area contributed by atoms with Crippen molar-refractivity contribution >= 4 is 35.1 Å². The fraction of sp³-hybridized carbons (Fsp3) is 0.154. The molecule has 2 rings (SSSR count). The van der Waals surface area contributed by atoms with Gasteiger partial charge in [0, 0.05) is 11.1 Å². The summed E-state index contributed by atoms with van der Waals surface area (Å²) in [6.07, 6.45) is 0. The number of carboxylic acid groups (broad SMARTS) is 1. The molecule has 0 atom stereocenters. The average molecular weight is 298 g/mol. The normalized spacial score (nSPS) is 15.3. The van der Waals surface area contributed by atoms with E-state index in [9.17, 15) is 18.8 Å². The Morgan fingerprint density at radius 2 is 1.70 bits per heavy atom. The van der Waals surface area contributed by atoms with Crippen molar-refractivity contribution in [2.45, 2.75) is 13.8 Å². The summed E-state index contributed by atoms with van der Waals surface area (Å²) in [6, 6.07) is 1.64. The van der Waals surface area contributed by atoms with E-state index in [1.807, 2.05) is 0 Å². The largest absolute Gasteiger partial charge is 0.478 e. The minimum Gasteiger partial charge on any atom is -0.478 e. The molecular weight excluding hydrogens is 289 g/mol. The molecule has 1 N–H and O–H groups in total. The Morgan fingerprint density at radius 3 is 2.15 bits per heavy atom. The van der Waals surface area contributed by atoms with Crippen LogP contribution in [0.3, 0.4) is 0 Å². The Hall–Kier alpha value is -2.21. The number of benzene rings is 1. The Labute approximate surface area is 118 Å². The molecule has 0 saturated carbocycles. The van der Waals surface area contributed by atoms with Gasteiger partial charge in [-0.25, -0.2) is 14.1 Å². The molecule has 0 aromatic heterocycles. The predicted molar refractivity (Wildman–Crippen MR) is 69.2 cm³/mol. The fourth-order valence-corrected chi connectivity index (χ4v) is 2.07. The first-order valence-electron chi connectivity index (χ1n) is 5.54. The first-order valence-corrected chi connectivity index (χ1v) is 5.92. The van der Waals surface area contributed by atoms with E-state index in [2.05, 4.69) is 0 Å². The van der Waals surface area contributed by atoms with Gasteiger partial charge in [0.15, 0.2) is 0 Å². The molecule has 0 radical (unpaired) electrons. The van der Waals surface area contributed by atoms with Crippen molar-refractivity contribution in [3.63, 3.8) is 0 Å². The molecule has 1 aromatic rings. The minimum absolute atomic E-state index is 0.196. The zero-order valence-electron chi connectivity index (χ0n) is 10.5. The number of hydrogen-bond donors (Lipinski definition) is 1.